The Bertz CT molecular complexity index is 1010. The van der Waals surface area contributed by atoms with Crippen LogP contribution in [0.1, 0.15) is 39.9 Å². The molecule has 0 aromatic heterocycles. The molecule has 29 heavy (non-hydrogen) atoms. The molecular formula is C23H22ClNO4. The summed E-state index contributed by atoms with van der Waals surface area (Å²) in [6, 6.07) is 9.30. The number of carbonyl (C=O) groups is 1. The van der Waals surface area contributed by atoms with Crippen LogP contribution in [-0.4, -0.2) is 36.7 Å². The average molecular weight is 412 g/mol. The largest absolute Gasteiger partial charge is 0.478 e. The smallest absolute Gasteiger partial charge is 0.232 e. The van der Waals surface area contributed by atoms with Gasteiger partial charge in [0.1, 0.15) is 18.2 Å². The molecule has 0 radical (unpaired) electrons. The van der Waals surface area contributed by atoms with Crippen LogP contribution in [0.15, 0.2) is 36.1 Å². The Morgan fingerprint density at radius 1 is 1.31 bits per heavy atom. The van der Waals surface area contributed by atoms with Crippen LogP contribution < -0.4 is 9.47 Å². The lowest BCUT2D eigenvalue weighted by atomic mass is 9.98. The highest BCUT2D eigenvalue weighted by molar-refractivity contribution is 6.30. The summed E-state index contributed by atoms with van der Waals surface area (Å²) in [5.41, 5.74) is 3.25. The number of Topliss-reactive ketones (excluding diaryl/α,β-unsaturated/α-hetero) is 1. The van der Waals surface area contributed by atoms with Gasteiger partial charge >= 0.3 is 0 Å². The molecule has 0 saturated carbocycles. The van der Waals surface area contributed by atoms with Crippen LogP contribution in [0, 0.1) is 6.92 Å². The maximum atomic E-state index is 13.1. The number of carbonyl (C=O) groups excluding carboxylic acids is 1. The van der Waals surface area contributed by atoms with E-state index < -0.39 is 0 Å². The van der Waals surface area contributed by atoms with Crippen LogP contribution in [0.3, 0.4) is 0 Å². The second-order valence-corrected chi connectivity index (χ2v) is 8.23. The summed E-state index contributed by atoms with van der Waals surface area (Å²) < 4.78 is 17.9. The molecule has 2 aromatic carbocycles. The molecule has 0 spiro atoms. The zero-order chi connectivity index (χ0) is 20.0. The number of nitrogens with zero attached hydrogens (tertiary/aromatic N) is 1. The number of allylic oxidation sites excluding steroid dienone is 1. The first-order valence-corrected chi connectivity index (χ1v) is 10.3. The number of aryl methyl sites for hydroxylation is 1. The lowest BCUT2D eigenvalue weighted by Crippen LogP contribution is -2.37. The monoisotopic (exact) mass is 411 g/mol. The molecule has 1 unspecified atom stereocenters. The van der Waals surface area contributed by atoms with Gasteiger partial charge in [-0.15, -0.1) is 0 Å². The van der Waals surface area contributed by atoms with Crippen molar-refractivity contribution in [3.8, 4) is 11.5 Å². The number of benzene rings is 2. The normalized spacial score (nSPS) is 22.3. The van der Waals surface area contributed by atoms with Gasteiger partial charge in [0.15, 0.2) is 5.76 Å². The summed E-state index contributed by atoms with van der Waals surface area (Å²) in [5, 5.41) is 0.619. The number of hydrogen-bond donors (Lipinski definition) is 0. The molecule has 3 aliphatic rings. The molecule has 1 saturated heterocycles. The summed E-state index contributed by atoms with van der Waals surface area (Å²) in [6.07, 6.45) is 4.18. The van der Waals surface area contributed by atoms with Gasteiger partial charge in [-0.3, -0.25) is 9.69 Å². The van der Waals surface area contributed by atoms with Gasteiger partial charge in [-0.05, 0) is 55.2 Å². The minimum atomic E-state index is -0.100. The number of rotatable bonds is 3. The van der Waals surface area contributed by atoms with Gasteiger partial charge in [-0.25, -0.2) is 0 Å². The number of ether oxygens (including phenoxy) is 3. The number of halogens is 1. The van der Waals surface area contributed by atoms with Crippen molar-refractivity contribution in [2.45, 2.75) is 32.4 Å². The highest BCUT2D eigenvalue weighted by Crippen LogP contribution is 2.44. The molecule has 0 amide bonds. The van der Waals surface area contributed by atoms with Gasteiger partial charge in [0.25, 0.3) is 0 Å². The van der Waals surface area contributed by atoms with E-state index in [0.29, 0.717) is 35.4 Å². The van der Waals surface area contributed by atoms with Crippen molar-refractivity contribution < 1.29 is 19.0 Å². The van der Waals surface area contributed by atoms with Crippen LogP contribution in [-0.2, 0) is 11.3 Å². The minimum absolute atomic E-state index is 0.100. The Kier molecular flexibility index (Phi) is 4.82. The zero-order valence-corrected chi connectivity index (χ0v) is 17.0. The molecule has 5 rings (SSSR count). The predicted octanol–water partition coefficient (Wildman–Crippen LogP) is 4.60. The molecule has 0 N–H and O–H groups in total. The van der Waals surface area contributed by atoms with Crippen molar-refractivity contribution >= 4 is 23.5 Å². The fourth-order valence-electron chi connectivity index (χ4n) is 4.22. The number of fused-ring (bicyclic) bond motifs is 3. The van der Waals surface area contributed by atoms with Gasteiger partial charge in [0, 0.05) is 24.7 Å². The summed E-state index contributed by atoms with van der Waals surface area (Å²) in [4.78, 5) is 15.3. The van der Waals surface area contributed by atoms with Crippen LogP contribution in [0.2, 0.25) is 5.02 Å². The molecule has 3 heterocycles. The Balaban J connectivity index is 1.46. The molecule has 2 aromatic rings. The van der Waals surface area contributed by atoms with Gasteiger partial charge in [-0.1, -0.05) is 23.7 Å². The van der Waals surface area contributed by atoms with Gasteiger partial charge in [0.2, 0.25) is 5.78 Å². The van der Waals surface area contributed by atoms with E-state index in [2.05, 4.69) is 4.90 Å². The molecule has 1 fully saturated rings. The van der Waals surface area contributed by atoms with Gasteiger partial charge in [-0.2, -0.15) is 0 Å². The van der Waals surface area contributed by atoms with Gasteiger partial charge in [0.05, 0.1) is 17.2 Å². The van der Waals surface area contributed by atoms with Gasteiger partial charge < -0.3 is 14.2 Å². The molecule has 150 valence electrons. The van der Waals surface area contributed by atoms with E-state index in [1.165, 1.54) is 0 Å². The minimum Gasteiger partial charge on any atom is -0.478 e. The van der Waals surface area contributed by atoms with Crippen LogP contribution >= 0.6 is 11.6 Å². The Labute approximate surface area is 174 Å². The maximum absolute atomic E-state index is 13.1. The van der Waals surface area contributed by atoms with Crippen molar-refractivity contribution in [3.05, 3.63) is 63.4 Å². The highest BCUT2D eigenvalue weighted by Gasteiger charge is 2.36. The third-order valence-corrected chi connectivity index (χ3v) is 5.86. The van der Waals surface area contributed by atoms with Crippen molar-refractivity contribution in [1.29, 1.82) is 0 Å². The Morgan fingerprint density at radius 2 is 2.21 bits per heavy atom. The fourth-order valence-corrected chi connectivity index (χ4v) is 4.42. The van der Waals surface area contributed by atoms with Crippen molar-refractivity contribution in [2.24, 2.45) is 0 Å². The van der Waals surface area contributed by atoms with E-state index in [0.717, 1.165) is 48.4 Å². The zero-order valence-electron chi connectivity index (χ0n) is 16.2. The molecule has 1 atom stereocenters. The fraction of sp³-hybridized carbons (Fsp3) is 0.348. The summed E-state index contributed by atoms with van der Waals surface area (Å²) in [6.45, 7) is 4.77. The van der Waals surface area contributed by atoms with Crippen LogP contribution in [0.25, 0.3) is 6.08 Å². The Morgan fingerprint density at radius 3 is 3.00 bits per heavy atom. The number of ketones is 1. The first kappa shape index (κ1) is 18.7. The van der Waals surface area contributed by atoms with E-state index in [1.54, 1.807) is 12.1 Å². The average Bonchev–Trinajstić information content (AvgIpc) is 3.31. The lowest BCUT2D eigenvalue weighted by Gasteiger charge is -2.31. The van der Waals surface area contributed by atoms with E-state index in [-0.39, 0.29) is 11.9 Å². The van der Waals surface area contributed by atoms with E-state index in [4.69, 9.17) is 25.8 Å². The summed E-state index contributed by atoms with van der Waals surface area (Å²) in [5.74, 6) is 1.63. The molecular weight excluding hydrogens is 390 g/mol. The first-order chi connectivity index (χ1) is 14.1. The quantitative estimate of drug-likeness (QED) is 0.691. The topological polar surface area (TPSA) is 48.0 Å². The SMILES string of the molecule is Cc1cc2c(c3c1C(=O)/C(=C/c1cccc(Cl)c1)O3)CN(CC1CCCO1)CO2. The highest BCUT2D eigenvalue weighted by atomic mass is 35.5. The molecule has 6 heteroatoms. The molecule has 0 bridgehead atoms. The third kappa shape index (κ3) is 3.54. The molecule has 5 nitrogen and oxygen atoms in total. The summed E-state index contributed by atoms with van der Waals surface area (Å²) >= 11 is 6.07. The second kappa shape index (κ2) is 7.48. The van der Waals surface area contributed by atoms with E-state index in [1.807, 2.05) is 31.2 Å². The first-order valence-electron chi connectivity index (χ1n) is 9.91. The van der Waals surface area contributed by atoms with Crippen molar-refractivity contribution in [1.82, 2.24) is 4.90 Å². The van der Waals surface area contributed by atoms with Crippen LogP contribution in [0.4, 0.5) is 0 Å². The second-order valence-electron chi connectivity index (χ2n) is 7.79. The van der Waals surface area contributed by atoms with E-state index in [9.17, 15) is 4.79 Å². The van der Waals surface area contributed by atoms with Crippen molar-refractivity contribution in [3.63, 3.8) is 0 Å². The lowest BCUT2D eigenvalue weighted by molar-refractivity contribution is 0.0273. The molecule has 0 aliphatic carbocycles. The standard InChI is InChI=1S/C23H22ClNO4/c1-14-8-19-18(12-25(13-28-19)11-17-6-3-7-27-17)23-21(14)22(26)20(29-23)10-15-4-2-5-16(24)9-15/h2,4-5,8-10,17H,3,6-7,11-13H2,1H3/b20-10-. The third-order valence-electron chi connectivity index (χ3n) is 5.62. The predicted molar refractivity (Wildman–Crippen MR) is 110 cm³/mol. The number of hydrogen-bond acceptors (Lipinski definition) is 5. The van der Waals surface area contributed by atoms with Crippen LogP contribution in [0.5, 0.6) is 11.5 Å². The van der Waals surface area contributed by atoms with E-state index >= 15 is 0 Å². The molecule has 3 aliphatic heterocycles. The maximum Gasteiger partial charge on any atom is 0.232 e. The van der Waals surface area contributed by atoms with Crippen molar-refractivity contribution in [2.75, 3.05) is 19.9 Å². The summed E-state index contributed by atoms with van der Waals surface area (Å²) in [7, 11) is 0. The Hall–Kier alpha value is -2.34.